The summed E-state index contributed by atoms with van der Waals surface area (Å²) < 4.78 is 13.5. The molecule has 98 valence electrons. The number of benzene rings is 1. The van der Waals surface area contributed by atoms with Crippen LogP contribution < -0.4 is 0 Å². The molecule has 18 heavy (non-hydrogen) atoms. The molecule has 1 aromatic rings. The summed E-state index contributed by atoms with van der Waals surface area (Å²) in [6.07, 6.45) is 5.50. The van der Waals surface area contributed by atoms with Crippen molar-refractivity contribution in [3.63, 3.8) is 0 Å². The second kappa shape index (κ2) is 5.96. The summed E-state index contributed by atoms with van der Waals surface area (Å²) in [4.78, 5) is 12.4. The minimum absolute atomic E-state index is 0.126. The third kappa shape index (κ3) is 3.00. The Morgan fingerprint density at radius 2 is 2.22 bits per heavy atom. The van der Waals surface area contributed by atoms with Crippen molar-refractivity contribution in [3.05, 3.63) is 34.1 Å². The van der Waals surface area contributed by atoms with Crippen molar-refractivity contribution < 1.29 is 9.18 Å². The van der Waals surface area contributed by atoms with Crippen LogP contribution in [0.2, 0.25) is 0 Å². The Morgan fingerprint density at radius 1 is 1.44 bits per heavy atom. The van der Waals surface area contributed by atoms with Crippen LogP contribution in [0.3, 0.4) is 0 Å². The Hall–Kier alpha value is -0.700. The standard InChI is InChI=1S/C15H18BrFO/c1-2-10-4-3-5-11(8-10)15(18)12-6-7-14(17)13(16)9-12/h6-7,9-11H,2-5,8H2,1H3. The predicted octanol–water partition coefficient (Wildman–Crippen LogP) is 4.99. The molecule has 2 unspecified atom stereocenters. The fourth-order valence-corrected chi connectivity index (χ4v) is 3.16. The lowest BCUT2D eigenvalue weighted by atomic mass is 9.77. The number of rotatable bonds is 3. The second-order valence-electron chi connectivity index (χ2n) is 5.13. The third-order valence-electron chi connectivity index (χ3n) is 3.94. The maximum absolute atomic E-state index is 13.2. The van der Waals surface area contributed by atoms with Gasteiger partial charge in [0.15, 0.2) is 5.78 Å². The number of carbonyl (C=O) groups excluding carboxylic acids is 1. The fraction of sp³-hybridized carbons (Fsp3) is 0.533. The molecule has 1 aromatic carbocycles. The van der Waals surface area contributed by atoms with Crippen molar-refractivity contribution in [2.24, 2.45) is 11.8 Å². The molecule has 2 atom stereocenters. The Labute approximate surface area is 116 Å². The summed E-state index contributed by atoms with van der Waals surface area (Å²) in [5, 5.41) is 0. The molecule has 1 aliphatic rings. The first-order valence-electron chi connectivity index (χ1n) is 6.61. The molecule has 3 heteroatoms. The minimum atomic E-state index is -0.318. The molecular formula is C15H18BrFO. The van der Waals surface area contributed by atoms with Crippen LogP contribution >= 0.6 is 15.9 Å². The highest BCUT2D eigenvalue weighted by Gasteiger charge is 2.27. The molecule has 0 aromatic heterocycles. The van der Waals surface area contributed by atoms with E-state index in [4.69, 9.17) is 0 Å². The molecule has 0 amide bonds. The van der Waals surface area contributed by atoms with Gasteiger partial charge in [0.2, 0.25) is 0 Å². The van der Waals surface area contributed by atoms with E-state index in [2.05, 4.69) is 22.9 Å². The Kier molecular flexibility index (Phi) is 4.55. The van der Waals surface area contributed by atoms with Crippen LogP contribution in [0.1, 0.15) is 49.4 Å². The first-order chi connectivity index (χ1) is 8.61. The first kappa shape index (κ1) is 13.7. The van der Waals surface area contributed by atoms with Crippen LogP contribution in [0.15, 0.2) is 22.7 Å². The van der Waals surface area contributed by atoms with E-state index in [1.807, 2.05) is 0 Å². The van der Waals surface area contributed by atoms with Gasteiger partial charge in [-0.3, -0.25) is 4.79 Å². The maximum Gasteiger partial charge on any atom is 0.165 e. The van der Waals surface area contributed by atoms with Gasteiger partial charge in [-0.15, -0.1) is 0 Å². The van der Waals surface area contributed by atoms with E-state index >= 15 is 0 Å². The van der Waals surface area contributed by atoms with Gasteiger partial charge in [-0.2, -0.15) is 0 Å². The second-order valence-corrected chi connectivity index (χ2v) is 5.99. The van der Waals surface area contributed by atoms with E-state index in [0.29, 0.717) is 16.0 Å². The molecule has 0 aliphatic heterocycles. The third-order valence-corrected chi connectivity index (χ3v) is 4.54. The van der Waals surface area contributed by atoms with Gasteiger partial charge in [0, 0.05) is 11.5 Å². The molecule has 0 saturated heterocycles. The Bertz CT molecular complexity index is 444. The highest BCUT2D eigenvalue weighted by atomic mass is 79.9. The SMILES string of the molecule is CCC1CCCC(C(=O)c2ccc(F)c(Br)c2)C1. The summed E-state index contributed by atoms with van der Waals surface area (Å²) in [7, 11) is 0. The van der Waals surface area contributed by atoms with Crippen molar-refractivity contribution in [1.29, 1.82) is 0 Å². The molecular weight excluding hydrogens is 295 g/mol. The average Bonchev–Trinajstić information content (AvgIpc) is 2.41. The summed E-state index contributed by atoms with van der Waals surface area (Å²) in [5.41, 5.74) is 0.630. The van der Waals surface area contributed by atoms with Gasteiger partial charge in [-0.25, -0.2) is 4.39 Å². The lowest BCUT2D eigenvalue weighted by Crippen LogP contribution is -2.22. The van der Waals surface area contributed by atoms with Gasteiger partial charge < -0.3 is 0 Å². The molecule has 0 spiro atoms. The van der Waals surface area contributed by atoms with E-state index in [0.717, 1.165) is 25.7 Å². The zero-order chi connectivity index (χ0) is 13.1. The van der Waals surface area contributed by atoms with E-state index in [9.17, 15) is 9.18 Å². The van der Waals surface area contributed by atoms with Gasteiger partial charge in [0.05, 0.1) is 4.47 Å². The molecule has 1 fully saturated rings. The van der Waals surface area contributed by atoms with Crippen LogP contribution in [0.4, 0.5) is 4.39 Å². The zero-order valence-electron chi connectivity index (χ0n) is 10.6. The molecule has 1 saturated carbocycles. The summed E-state index contributed by atoms with van der Waals surface area (Å²) in [6, 6.07) is 4.56. The average molecular weight is 313 g/mol. The van der Waals surface area contributed by atoms with Crippen LogP contribution in [0, 0.1) is 17.7 Å². The van der Waals surface area contributed by atoms with Gasteiger partial charge >= 0.3 is 0 Å². The lowest BCUT2D eigenvalue weighted by molar-refractivity contribution is 0.0862. The summed E-state index contributed by atoms with van der Waals surface area (Å²) in [5.74, 6) is 0.660. The van der Waals surface area contributed by atoms with E-state index in [-0.39, 0.29) is 17.5 Å². The molecule has 0 bridgehead atoms. The lowest BCUT2D eigenvalue weighted by Gasteiger charge is -2.27. The number of hydrogen-bond acceptors (Lipinski definition) is 1. The predicted molar refractivity (Wildman–Crippen MR) is 74.2 cm³/mol. The van der Waals surface area contributed by atoms with Gasteiger partial charge in [0.25, 0.3) is 0 Å². The van der Waals surface area contributed by atoms with Crippen molar-refractivity contribution in [2.75, 3.05) is 0 Å². The number of ketones is 1. The number of carbonyl (C=O) groups is 1. The fourth-order valence-electron chi connectivity index (χ4n) is 2.79. The van der Waals surface area contributed by atoms with Crippen LogP contribution in [0.5, 0.6) is 0 Å². The largest absolute Gasteiger partial charge is 0.294 e. The van der Waals surface area contributed by atoms with E-state index < -0.39 is 0 Å². The molecule has 0 N–H and O–H groups in total. The quantitative estimate of drug-likeness (QED) is 0.719. The number of halogens is 2. The van der Waals surface area contributed by atoms with Gasteiger partial charge in [0.1, 0.15) is 5.82 Å². The maximum atomic E-state index is 13.2. The molecule has 2 rings (SSSR count). The smallest absolute Gasteiger partial charge is 0.165 e. The highest BCUT2D eigenvalue weighted by molar-refractivity contribution is 9.10. The first-order valence-corrected chi connectivity index (χ1v) is 7.40. The van der Waals surface area contributed by atoms with Crippen molar-refractivity contribution in [1.82, 2.24) is 0 Å². The van der Waals surface area contributed by atoms with Crippen molar-refractivity contribution in [2.45, 2.75) is 39.0 Å². The highest BCUT2D eigenvalue weighted by Crippen LogP contribution is 2.33. The van der Waals surface area contributed by atoms with Crippen LogP contribution in [-0.2, 0) is 0 Å². The topological polar surface area (TPSA) is 17.1 Å². The number of hydrogen-bond donors (Lipinski definition) is 0. The van der Waals surface area contributed by atoms with E-state index in [1.165, 1.54) is 12.5 Å². The normalized spacial score (nSPS) is 23.9. The van der Waals surface area contributed by atoms with Gasteiger partial charge in [-0.05, 0) is 52.9 Å². The summed E-state index contributed by atoms with van der Waals surface area (Å²) in [6.45, 7) is 2.19. The molecule has 0 heterocycles. The molecule has 0 radical (unpaired) electrons. The van der Waals surface area contributed by atoms with Crippen molar-refractivity contribution >= 4 is 21.7 Å². The zero-order valence-corrected chi connectivity index (χ0v) is 12.2. The summed E-state index contributed by atoms with van der Waals surface area (Å²) >= 11 is 3.14. The van der Waals surface area contributed by atoms with Crippen molar-refractivity contribution in [3.8, 4) is 0 Å². The van der Waals surface area contributed by atoms with E-state index in [1.54, 1.807) is 12.1 Å². The van der Waals surface area contributed by atoms with Crippen LogP contribution in [0.25, 0.3) is 0 Å². The monoisotopic (exact) mass is 312 g/mol. The Morgan fingerprint density at radius 3 is 2.89 bits per heavy atom. The Balaban J connectivity index is 2.12. The molecule has 1 aliphatic carbocycles. The minimum Gasteiger partial charge on any atom is -0.294 e. The number of Topliss-reactive ketones (excluding diaryl/α,β-unsaturated/α-hetero) is 1. The molecule has 1 nitrogen and oxygen atoms in total. The van der Waals surface area contributed by atoms with Crippen LogP contribution in [-0.4, -0.2) is 5.78 Å². The van der Waals surface area contributed by atoms with Gasteiger partial charge in [-0.1, -0.05) is 26.2 Å².